The normalized spacial score (nSPS) is 11.6. The van der Waals surface area contributed by atoms with Crippen molar-refractivity contribution in [2.24, 2.45) is 0 Å². The first-order valence-corrected chi connectivity index (χ1v) is 5.23. The van der Waals surface area contributed by atoms with Gasteiger partial charge in [-0.2, -0.15) is 0 Å². The Balaban J connectivity index is 2.86. The van der Waals surface area contributed by atoms with Crippen LogP contribution in [0.4, 0.5) is 5.69 Å². The molecule has 2 N–H and O–H groups in total. The third kappa shape index (κ3) is 3.17. The van der Waals surface area contributed by atoms with Crippen LogP contribution < -0.4 is 10.5 Å². The van der Waals surface area contributed by atoms with Crippen LogP contribution in [-0.4, -0.2) is 6.61 Å². The van der Waals surface area contributed by atoms with Gasteiger partial charge < -0.3 is 10.5 Å². The minimum atomic E-state index is 0.470. The molecule has 0 aliphatic heterocycles. The molecule has 1 rings (SSSR count). The highest BCUT2D eigenvalue weighted by molar-refractivity contribution is 6.25. The molecule has 0 aliphatic carbocycles. The Labute approximate surface area is 95.7 Å². The SMILES string of the molecule is CC(=CCl)COc1c(C)cc(C)cc1N. The molecule has 15 heavy (non-hydrogen) atoms. The maximum atomic E-state index is 5.87. The standard InChI is InChI=1S/C12H16ClNO/c1-8-4-10(3)12(11(14)5-8)15-7-9(2)6-13/h4-6H,7,14H2,1-3H3. The largest absolute Gasteiger partial charge is 0.487 e. The number of benzene rings is 1. The molecule has 3 heteroatoms. The van der Waals surface area contributed by atoms with Crippen molar-refractivity contribution in [3.05, 3.63) is 34.4 Å². The Morgan fingerprint density at radius 1 is 1.47 bits per heavy atom. The van der Waals surface area contributed by atoms with Crippen molar-refractivity contribution in [3.63, 3.8) is 0 Å². The number of hydrogen-bond acceptors (Lipinski definition) is 2. The van der Waals surface area contributed by atoms with Crippen LogP contribution in [0.3, 0.4) is 0 Å². The van der Waals surface area contributed by atoms with E-state index in [2.05, 4.69) is 0 Å². The van der Waals surface area contributed by atoms with E-state index in [9.17, 15) is 0 Å². The zero-order chi connectivity index (χ0) is 11.4. The van der Waals surface area contributed by atoms with Crippen molar-refractivity contribution < 1.29 is 4.74 Å². The number of nitrogen functional groups attached to an aromatic ring is 1. The Morgan fingerprint density at radius 3 is 2.67 bits per heavy atom. The lowest BCUT2D eigenvalue weighted by molar-refractivity contribution is 0.352. The van der Waals surface area contributed by atoms with E-state index in [1.54, 1.807) is 0 Å². The molecule has 0 saturated carbocycles. The van der Waals surface area contributed by atoms with E-state index >= 15 is 0 Å². The Hall–Kier alpha value is -1.15. The number of hydrogen-bond donors (Lipinski definition) is 1. The molecule has 0 amide bonds. The maximum absolute atomic E-state index is 5.87. The summed E-state index contributed by atoms with van der Waals surface area (Å²) >= 11 is 5.55. The average Bonchev–Trinajstić information content (AvgIpc) is 2.15. The number of aryl methyl sites for hydroxylation is 2. The van der Waals surface area contributed by atoms with E-state index in [0.29, 0.717) is 12.3 Å². The van der Waals surface area contributed by atoms with Gasteiger partial charge in [-0.25, -0.2) is 0 Å². The van der Waals surface area contributed by atoms with Crippen LogP contribution >= 0.6 is 11.6 Å². The van der Waals surface area contributed by atoms with Gasteiger partial charge >= 0.3 is 0 Å². The second kappa shape index (κ2) is 5.08. The van der Waals surface area contributed by atoms with Crippen molar-refractivity contribution in [1.29, 1.82) is 0 Å². The van der Waals surface area contributed by atoms with Crippen LogP contribution in [0, 0.1) is 13.8 Å². The van der Waals surface area contributed by atoms with E-state index in [0.717, 1.165) is 22.4 Å². The highest BCUT2D eigenvalue weighted by Gasteiger charge is 2.05. The van der Waals surface area contributed by atoms with Gasteiger partial charge in [-0.05, 0) is 43.5 Å². The minimum Gasteiger partial charge on any atom is -0.487 e. The first kappa shape index (κ1) is 11.9. The molecule has 0 aliphatic rings. The summed E-state index contributed by atoms with van der Waals surface area (Å²) in [4.78, 5) is 0. The summed E-state index contributed by atoms with van der Waals surface area (Å²) < 4.78 is 5.60. The molecule has 82 valence electrons. The lowest BCUT2D eigenvalue weighted by Crippen LogP contribution is -2.03. The van der Waals surface area contributed by atoms with Crippen LogP contribution in [0.1, 0.15) is 18.1 Å². The molecule has 0 heterocycles. The molecule has 0 saturated heterocycles. The third-order valence-electron chi connectivity index (χ3n) is 2.08. The average molecular weight is 226 g/mol. The van der Waals surface area contributed by atoms with Crippen LogP contribution in [-0.2, 0) is 0 Å². The van der Waals surface area contributed by atoms with Crippen molar-refractivity contribution >= 4 is 17.3 Å². The monoisotopic (exact) mass is 225 g/mol. The van der Waals surface area contributed by atoms with Gasteiger partial charge in [0.05, 0.1) is 5.69 Å². The highest BCUT2D eigenvalue weighted by atomic mass is 35.5. The molecule has 0 atom stereocenters. The number of nitrogens with two attached hydrogens (primary N) is 1. The van der Waals surface area contributed by atoms with Crippen LogP contribution in [0.5, 0.6) is 5.75 Å². The van der Waals surface area contributed by atoms with Crippen molar-refractivity contribution in [2.75, 3.05) is 12.3 Å². The second-order valence-electron chi connectivity index (χ2n) is 3.74. The summed E-state index contributed by atoms with van der Waals surface area (Å²) in [5, 5.41) is 0. The van der Waals surface area contributed by atoms with E-state index in [-0.39, 0.29) is 0 Å². The number of rotatable bonds is 3. The fourth-order valence-corrected chi connectivity index (χ4v) is 1.46. The maximum Gasteiger partial charge on any atom is 0.145 e. The molecule has 1 aromatic carbocycles. The number of ether oxygens (including phenoxy) is 1. The summed E-state index contributed by atoms with van der Waals surface area (Å²) in [5.41, 5.74) is 11.2. The summed E-state index contributed by atoms with van der Waals surface area (Å²) in [7, 11) is 0. The fourth-order valence-electron chi connectivity index (χ4n) is 1.40. The Bertz CT molecular complexity index is 362. The second-order valence-corrected chi connectivity index (χ2v) is 3.96. The lowest BCUT2D eigenvalue weighted by Gasteiger charge is -2.12. The first-order valence-electron chi connectivity index (χ1n) is 4.80. The van der Waals surface area contributed by atoms with Crippen LogP contribution in [0.25, 0.3) is 0 Å². The quantitative estimate of drug-likeness (QED) is 0.801. The minimum absolute atomic E-state index is 0.470. The van der Waals surface area contributed by atoms with Gasteiger partial charge in [-0.1, -0.05) is 17.7 Å². The van der Waals surface area contributed by atoms with Gasteiger partial charge in [-0.15, -0.1) is 0 Å². The van der Waals surface area contributed by atoms with Crippen molar-refractivity contribution in [3.8, 4) is 5.75 Å². The van der Waals surface area contributed by atoms with E-state index in [1.165, 1.54) is 5.54 Å². The zero-order valence-electron chi connectivity index (χ0n) is 9.30. The molecule has 0 radical (unpaired) electrons. The lowest BCUT2D eigenvalue weighted by atomic mass is 10.1. The molecular weight excluding hydrogens is 210 g/mol. The van der Waals surface area contributed by atoms with E-state index in [1.807, 2.05) is 32.9 Å². The smallest absolute Gasteiger partial charge is 0.145 e. The van der Waals surface area contributed by atoms with Gasteiger partial charge in [0.15, 0.2) is 0 Å². The molecule has 2 nitrogen and oxygen atoms in total. The van der Waals surface area contributed by atoms with Crippen molar-refractivity contribution in [2.45, 2.75) is 20.8 Å². The molecule has 0 bridgehead atoms. The van der Waals surface area contributed by atoms with Gasteiger partial charge in [0, 0.05) is 5.54 Å². The van der Waals surface area contributed by atoms with E-state index in [4.69, 9.17) is 22.1 Å². The van der Waals surface area contributed by atoms with Crippen molar-refractivity contribution in [1.82, 2.24) is 0 Å². The van der Waals surface area contributed by atoms with Gasteiger partial charge in [0.1, 0.15) is 12.4 Å². The van der Waals surface area contributed by atoms with Crippen LogP contribution in [0.15, 0.2) is 23.2 Å². The molecule has 1 aromatic rings. The molecule has 0 spiro atoms. The Morgan fingerprint density at radius 2 is 2.13 bits per heavy atom. The van der Waals surface area contributed by atoms with Gasteiger partial charge in [0.25, 0.3) is 0 Å². The van der Waals surface area contributed by atoms with Gasteiger partial charge in [-0.3, -0.25) is 0 Å². The first-order chi connectivity index (χ1) is 7.04. The molecule has 0 unspecified atom stereocenters. The highest BCUT2D eigenvalue weighted by Crippen LogP contribution is 2.27. The molecular formula is C12H16ClNO. The predicted molar refractivity (Wildman–Crippen MR) is 65.4 cm³/mol. The summed E-state index contributed by atoms with van der Waals surface area (Å²) in [5.74, 6) is 0.749. The third-order valence-corrected chi connectivity index (χ3v) is 2.45. The Kier molecular flexibility index (Phi) is 4.04. The summed E-state index contributed by atoms with van der Waals surface area (Å²) in [6, 6.07) is 3.95. The zero-order valence-corrected chi connectivity index (χ0v) is 10.1. The predicted octanol–water partition coefficient (Wildman–Crippen LogP) is 3.41. The van der Waals surface area contributed by atoms with Crippen LogP contribution in [0.2, 0.25) is 0 Å². The number of anilines is 1. The molecule has 0 fully saturated rings. The topological polar surface area (TPSA) is 35.2 Å². The van der Waals surface area contributed by atoms with E-state index < -0.39 is 0 Å². The summed E-state index contributed by atoms with van der Waals surface area (Å²) in [6.07, 6.45) is 0. The fraction of sp³-hybridized carbons (Fsp3) is 0.333. The summed E-state index contributed by atoms with van der Waals surface area (Å²) in [6.45, 7) is 6.37. The molecule has 0 aromatic heterocycles. The van der Waals surface area contributed by atoms with Gasteiger partial charge in [0.2, 0.25) is 0 Å². The number of halogens is 1.